The molecule has 1 aliphatic carbocycles. The molecule has 2 aromatic heterocycles. The van der Waals surface area contributed by atoms with E-state index in [0.29, 0.717) is 11.6 Å². The van der Waals surface area contributed by atoms with E-state index in [4.69, 9.17) is 4.98 Å². The molecule has 1 unspecified atom stereocenters. The van der Waals surface area contributed by atoms with Crippen LogP contribution in [0.3, 0.4) is 0 Å². The van der Waals surface area contributed by atoms with Crippen LogP contribution in [-0.4, -0.2) is 50.5 Å². The topological polar surface area (TPSA) is 96.2 Å². The smallest absolute Gasteiger partial charge is 0.270 e. The van der Waals surface area contributed by atoms with Crippen molar-refractivity contribution in [2.45, 2.75) is 38.1 Å². The van der Waals surface area contributed by atoms with E-state index in [1.807, 2.05) is 6.20 Å². The van der Waals surface area contributed by atoms with Crippen LogP contribution in [0.1, 0.15) is 53.5 Å². The number of nitrogens with one attached hydrogen (secondary N) is 1. The first-order valence-corrected chi connectivity index (χ1v) is 9.66. The lowest BCUT2D eigenvalue weighted by atomic mass is 9.92. The van der Waals surface area contributed by atoms with E-state index in [2.05, 4.69) is 20.3 Å². The first-order valence-electron chi connectivity index (χ1n) is 9.66. The first-order chi connectivity index (χ1) is 13.2. The van der Waals surface area contributed by atoms with Gasteiger partial charge in [-0.05, 0) is 44.1 Å². The molecule has 144 valence electrons. The Morgan fingerprint density at radius 2 is 2.15 bits per heavy atom. The van der Waals surface area contributed by atoms with Gasteiger partial charge in [-0.25, -0.2) is 9.97 Å². The van der Waals surface area contributed by atoms with Gasteiger partial charge >= 0.3 is 0 Å². The van der Waals surface area contributed by atoms with Crippen LogP contribution >= 0.6 is 0 Å². The average Bonchev–Trinajstić information content (AvgIpc) is 3.14. The Morgan fingerprint density at radius 1 is 1.33 bits per heavy atom. The van der Waals surface area contributed by atoms with E-state index in [1.54, 1.807) is 24.0 Å². The molecule has 3 heterocycles. The lowest BCUT2D eigenvalue weighted by Gasteiger charge is -2.32. The Labute approximate surface area is 158 Å². The second kappa shape index (κ2) is 7.64. The van der Waals surface area contributed by atoms with E-state index in [9.17, 15) is 9.90 Å². The Hall–Kier alpha value is -2.48. The Balaban J connectivity index is 1.49. The number of carbonyl (C=O) groups is 1. The Bertz CT molecular complexity index is 812. The normalized spacial score (nSPS) is 20.4. The zero-order valence-corrected chi connectivity index (χ0v) is 15.6. The predicted octanol–water partition coefficient (Wildman–Crippen LogP) is 1.23. The molecule has 0 saturated carbocycles. The molecule has 8 nitrogen and oxygen atoms in total. The molecule has 0 radical (unpaired) electrons. The summed E-state index contributed by atoms with van der Waals surface area (Å²) < 4.78 is 1.58. The quantitative estimate of drug-likeness (QED) is 0.840. The van der Waals surface area contributed by atoms with Gasteiger partial charge in [0.1, 0.15) is 5.69 Å². The second-order valence-corrected chi connectivity index (χ2v) is 7.44. The summed E-state index contributed by atoms with van der Waals surface area (Å²) in [4.78, 5) is 24.1. The van der Waals surface area contributed by atoms with E-state index < -0.39 is 0 Å². The lowest BCUT2D eigenvalue weighted by Crippen LogP contribution is -2.37. The maximum absolute atomic E-state index is 12.5. The van der Waals surface area contributed by atoms with Crippen molar-refractivity contribution in [3.63, 3.8) is 0 Å². The number of amides is 1. The molecular weight excluding hydrogens is 344 g/mol. The zero-order valence-electron chi connectivity index (χ0n) is 15.6. The van der Waals surface area contributed by atoms with Crippen LogP contribution in [0.4, 0.5) is 5.95 Å². The molecule has 2 N–H and O–H groups in total. The third kappa shape index (κ3) is 3.66. The van der Waals surface area contributed by atoms with Gasteiger partial charge < -0.3 is 15.3 Å². The van der Waals surface area contributed by atoms with Gasteiger partial charge in [-0.3, -0.25) is 9.48 Å². The van der Waals surface area contributed by atoms with Crippen LogP contribution in [-0.2, 0) is 13.5 Å². The fraction of sp³-hybridized carbons (Fsp3) is 0.579. The van der Waals surface area contributed by atoms with E-state index in [-0.39, 0.29) is 18.6 Å². The highest BCUT2D eigenvalue weighted by Crippen LogP contribution is 2.30. The van der Waals surface area contributed by atoms with Crippen molar-refractivity contribution in [2.24, 2.45) is 13.0 Å². The number of fused-ring (bicyclic) bond motifs is 1. The monoisotopic (exact) mass is 370 g/mol. The lowest BCUT2D eigenvalue weighted by molar-refractivity contribution is 0.0923. The summed E-state index contributed by atoms with van der Waals surface area (Å²) >= 11 is 0. The van der Waals surface area contributed by atoms with Crippen molar-refractivity contribution in [3.8, 4) is 0 Å². The number of carbonyl (C=O) groups excluding carboxylic acids is 1. The van der Waals surface area contributed by atoms with Crippen molar-refractivity contribution in [1.82, 2.24) is 25.1 Å². The summed E-state index contributed by atoms with van der Waals surface area (Å²) in [6.07, 6.45) is 8.24. The molecule has 0 spiro atoms. The maximum atomic E-state index is 12.5. The van der Waals surface area contributed by atoms with E-state index in [0.717, 1.165) is 62.4 Å². The minimum atomic E-state index is -0.122. The van der Waals surface area contributed by atoms with Crippen LogP contribution < -0.4 is 10.2 Å². The highest BCUT2D eigenvalue weighted by molar-refractivity contribution is 5.92. The standard InChI is InChI=1S/C19H26N6O2/c1-24-17(5-8-21-24)18(27)22-15-3-2-4-16-14(15)11-20-19(23-16)25-9-6-13(12-26)7-10-25/h5,8,11,13,15,26H,2-4,6-7,9-10,12H2,1H3,(H,22,27). The first kappa shape index (κ1) is 17.9. The number of rotatable bonds is 4. The van der Waals surface area contributed by atoms with Crippen LogP contribution in [0.5, 0.6) is 0 Å². The van der Waals surface area contributed by atoms with Crippen LogP contribution in [0.2, 0.25) is 0 Å². The fourth-order valence-corrected chi connectivity index (χ4v) is 3.98. The summed E-state index contributed by atoms with van der Waals surface area (Å²) in [5, 5.41) is 16.5. The van der Waals surface area contributed by atoms with Crippen molar-refractivity contribution in [1.29, 1.82) is 0 Å². The molecule has 4 rings (SSSR count). The summed E-state index contributed by atoms with van der Waals surface area (Å²) in [7, 11) is 1.76. The third-order valence-corrected chi connectivity index (χ3v) is 5.68. The largest absolute Gasteiger partial charge is 0.396 e. The highest BCUT2D eigenvalue weighted by atomic mass is 16.3. The van der Waals surface area contributed by atoms with Crippen LogP contribution in [0.25, 0.3) is 0 Å². The number of aliphatic hydroxyl groups is 1. The molecule has 2 aromatic rings. The summed E-state index contributed by atoms with van der Waals surface area (Å²) in [5.41, 5.74) is 2.60. The molecule has 2 aliphatic rings. The van der Waals surface area contributed by atoms with Crippen molar-refractivity contribution < 1.29 is 9.90 Å². The molecule has 0 aromatic carbocycles. The SMILES string of the molecule is Cn1nccc1C(=O)NC1CCCc2nc(N3CCC(CO)CC3)ncc21. The maximum Gasteiger partial charge on any atom is 0.270 e. The molecular formula is C19H26N6O2. The predicted molar refractivity (Wildman–Crippen MR) is 100 cm³/mol. The minimum Gasteiger partial charge on any atom is -0.396 e. The molecule has 1 saturated heterocycles. The number of nitrogens with zero attached hydrogens (tertiary/aromatic N) is 5. The number of aryl methyl sites for hydroxylation is 2. The Morgan fingerprint density at radius 3 is 2.85 bits per heavy atom. The molecule has 27 heavy (non-hydrogen) atoms. The summed E-state index contributed by atoms with van der Waals surface area (Å²) in [6.45, 7) is 2.02. The van der Waals surface area contributed by atoms with Gasteiger partial charge in [0.25, 0.3) is 5.91 Å². The van der Waals surface area contributed by atoms with E-state index >= 15 is 0 Å². The number of hydrogen-bond donors (Lipinski definition) is 2. The van der Waals surface area contributed by atoms with Gasteiger partial charge in [-0.2, -0.15) is 5.10 Å². The zero-order chi connectivity index (χ0) is 18.8. The van der Waals surface area contributed by atoms with Gasteiger partial charge in [0.2, 0.25) is 5.95 Å². The summed E-state index contributed by atoms with van der Waals surface area (Å²) in [5.74, 6) is 1.04. The number of hydrogen-bond acceptors (Lipinski definition) is 6. The number of anilines is 1. The molecule has 1 atom stereocenters. The third-order valence-electron chi connectivity index (χ3n) is 5.68. The van der Waals surface area contributed by atoms with Crippen molar-refractivity contribution in [3.05, 3.63) is 35.4 Å². The van der Waals surface area contributed by atoms with Gasteiger partial charge in [0.15, 0.2) is 0 Å². The molecule has 8 heteroatoms. The second-order valence-electron chi connectivity index (χ2n) is 7.44. The molecule has 1 amide bonds. The van der Waals surface area contributed by atoms with E-state index in [1.165, 1.54) is 0 Å². The molecule has 0 bridgehead atoms. The van der Waals surface area contributed by atoms with Gasteiger partial charge in [0.05, 0.1) is 11.7 Å². The number of aromatic nitrogens is 4. The highest BCUT2D eigenvalue weighted by Gasteiger charge is 2.27. The fourth-order valence-electron chi connectivity index (χ4n) is 3.98. The summed E-state index contributed by atoms with van der Waals surface area (Å²) in [6, 6.07) is 1.65. The van der Waals surface area contributed by atoms with Gasteiger partial charge in [0, 0.05) is 44.7 Å². The molecule has 1 fully saturated rings. The average molecular weight is 370 g/mol. The number of piperidine rings is 1. The minimum absolute atomic E-state index is 0.0645. The van der Waals surface area contributed by atoms with Gasteiger partial charge in [-0.15, -0.1) is 0 Å². The van der Waals surface area contributed by atoms with Crippen molar-refractivity contribution in [2.75, 3.05) is 24.6 Å². The number of aliphatic hydroxyl groups excluding tert-OH is 1. The molecule has 1 aliphatic heterocycles. The Kier molecular flexibility index (Phi) is 5.07. The van der Waals surface area contributed by atoms with Crippen molar-refractivity contribution >= 4 is 11.9 Å². The van der Waals surface area contributed by atoms with Crippen LogP contribution in [0.15, 0.2) is 18.5 Å². The van der Waals surface area contributed by atoms with Crippen LogP contribution in [0, 0.1) is 5.92 Å². The van der Waals surface area contributed by atoms with Gasteiger partial charge in [-0.1, -0.05) is 0 Å².